The quantitative estimate of drug-likeness (QED) is 0.513. The van der Waals surface area contributed by atoms with Crippen LogP contribution in [0.15, 0.2) is 12.0 Å². The molecule has 0 saturated carbocycles. The van der Waals surface area contributed by atoms with Crippen molar-refractivity contribution in [1.82, 2.24) is 0 Å². The van der Waals surface area contributed by atoms with E-state index in [0.29, 0.717) is 6.42 Å². The van der Waals surface area contributed by atoms with Crippen molar-refractivity contribution < 1.29 is 14.9 Å². The first-order valence-corrected chi connectivity index (χ1v) is 2.47. The zero-order chi connectivity index (χ0) is 5.98. The Balaban J connectivity index is 2.32. The minimum Gasteiger partial charge on any atom is -0.509 e. The van der Waals surface area contributed by atoms with E-state index in [1.165, 1.54) is 6.26 Å². The van der Waals surface area contributed by atoms with Crippen molar-refractivity contribution in [2.75, 3.05) is 6.61 Å². The minimum atomic E-state index is -0.213. The molecule has 0 unspecified atom stereocenters. The lowest BCUT2D eigenvalue weighted by atomic mass is 10.3. The third-order valence-electron chi connectivity index (χ3n) is 1.04. The van der Waals surface area contributed by atoms with E-state index in [2.05, 4.69) is 0 Å². The largest absolute Gasteiger partial charge is 0.509 e. The molecule has 0 aromatic rings. The molecule has 0 radical (unpaired) electrons. The van der Waals surface area contributed by atoms with Crippen LogP contribution in [0.4, 0.5) is 0 Å². The van der Waals surface area contributed by atoms with E-state index in [-0.39, 0.29) is 18.5 Å². The van der Waals surface area contributed by atoms with Gasteiger partial charge in [0.1, 0.15) is 18.1 Å². The molecular weight excluding hydrogens is 108 g/mol. The highest BCUT2D eigenvalue weighted by Gasteiger charge is 2.15. The van der Waals surface area contributed by atoms with E-state index in [9.17, 15) is 0 Å². The molecule has 0 aromatic carbocycles. The highest BCUT2D eigenvalue weighted by atomic mass is 16.5. The molecular formula is C5H8O3. The second-order valence-electron chi connectivity index (χ2n) is 1.75. The summed E-state index contributed by atoms with van der Waals surface area (Å²) in [6.45, 7) is -0.0272. The SMILES string of the molecule is OC[C@@H]1CC(O)=CO1. The third-order valence-corrected chi connectivity index (χ3v) is 1.04. The van der Waals surface area contributed by atoms with Crippen LogP contribution in [0, 0.1) is 0 Å². The summed E-state index contributed by atoms with van der Waals surface area (Å²) < 4.78 is 4.75. The molecule has 8 heavy (non-hydrogen) atoms. The standard InChI is InChI=1S/C5H8O3/c6-2-5-1-4(7)3-8-5/h3,5-7H,1-2H2/t5-/m0/s1. The van der Waals surface area contributed by atoms with Crippen molar-refractivity contribution in [3.8, 4) is 0 Å². The van der Waals surface area contributed by atoms with Crippen LogP contribution in [0.3, 0.4) is 0 Å². The molecule has 46 valence electrons. The zero-order valence-electron chi connectivity index (χ0n) is 4.37. The lowest BCUT2D eigenvalue weighted by Gasteiger charge is -2.02. The Labute approximate surface area is 47.2 Å². The van der Waals surface area contributed by atoms with E-state index in [0.717, 1.165) is 0 Å². The zero-order valence-corrected chi connectivity index (χ0v) is 4.37. The second-order valence-corrected chi connectivity index (χ2v) is 1.75. The van der Waals surface area contributed by atoms with Crippen molar-refractivity contribution in [2.24, 2.45) is 0 Å². The first kappa shape index (κ1) is 5.44. The van der Waals surface area contributed by atoms with Crippen LogP contribution < -0.4 is 0 Å². The predicted octanol–water partition coefficient (Wildman–Crippen LogP) is 0.167. The maximum Gasteiger partial charge on any atom is 0.130 e. The molecule has 1 aliphatic rings. The molecule has 2 N–H and O–H groups in total. The highest BCUT2D eigenvalue weighted by Crippen LogP contribution is 2.13. The molecule has 1 aliphatic heterocycles. The first-order valence-electron chi connectivity index (χ1n) is 2.47. The number of aliphatic hydroxyl groups is 2. The monoisotopic (exact) mass is 116 g/mol. The normalized spacial score (nSPS) is 27.1. The third kappa shape index (κ3) is 0.924. The fraction of sp³-hybridized carbons (Fsp3) is 0.600. The smallest absolute Gasteiger partial charge is 0.130 e. The molecule has 0 aromatic heterocycles. The van der Waals surface area contributed by atoms with Gasteiger partial charge in [-0.1, -0.05) is 0 Å². The molecule has 0 amide bonds. The fourth-order valence-corrected chi connectivity index (χ4v) is 0.612. The Bertz CT molecular complexity index is 108. The first-order chi connectivity index (χ1) is 3.83. The molecule has 1 heterocycles. The van der Waals surface area contributed by atoms with Crippen LogP contribution in [-0.4, -0.2) is 22.9 Å². The topological polar surface area (TPSA) is 49.7 Å². The van der Waals surface area contributed by atoms with E-state index in [1.54, 1.807) is 0 Å². The average Bonchev–Trinajstić information content (AvgIpc) is 2.14. The highest BCUT2D eigenvalue weighted by molar-refractivity contribution is 4.94. The van der Waals surface area contributed by atoms with E-state index in [1.807, 2.05) is 0 Å². The van der Waals surface area contributed by atoms with E-state index >= 15 is 0 Å². The number of hydrogen-bond donors (Lipinski definition) is 2. The Hall–Kier alpha value is -0.700. The summed E-state index contributed by atoms with van der Waals surface area (Å²) in [5.74, 6) is 0.212. The fourth-order valence-electron chi connectivity index (χ4n) is 0.612. The van der Waals surface area contributed by atoms with Gasteiger partial charge in [-0.05, 0) is 0 Å². The van der Waals surface area contributed by atoms with Gasteiger partial charge in [-0.25, -0.2) is 0 Å². The summed E-state index contributed by atoms with van der Waals surface area (Å²) in [5.41, 5.74) is 0. The van der Waals surface area contributed by atoms with Gasteiger partial charge in [0.05, 0.1) is 6.61 Å². The number of ether oxygens (including phenoxy) is 1. The molecule has 0 fully saturated rings. The minimum absolute atomic E-state index is 0.0272. The molecule has 1 atom stereocenters. The van der Waals surface area contributed by atoms with E-state index in [4.69, 9.17) is 14.9 Å². The predicted molar refractivity (Wildman–Crippen MR) is 27.3 cm³/mol. The summed E-state index contributed by atoms with van der Waals surface area (Å²) in [5, 5.41) is 17.1. The van der Waals surface area contributed by atoms with E-state index < -0.39 is 0 Å². The summed E-state index contributed by atoms with van der Waals surface area (Å²) in [7, 11) is 0. The summed E-state index contributed by atoms with van der Waals surface area (Å²) in [6, 6.07) is 0. The molecule has 3 heteroatoms. The van der Waals surface area contributed by atoms with Crippen molar-refractivity contribution in [3.63, 3.8) is 0 Å². The van der Waals surface area contributed by atoms with Gasteiger partial charge in [-0.15, -0.1) is 0 Å². The molecule has 3 nitrogen and oxygen atoms in total. The average molecular weight is 116 g/mol. The van der Waals surface area contributed by atoms with Crippen LogP contribution in [-0.2, 0) is 4.74 Å². The number of rotatable bonds is 1. The van der Waals surface area contributed by atoms with Gasteiger partial charge in [0.25, 0.3) is 0 Å². The molecule has 0 aliphatic carbocycles. The van der Waals surface area contributed by atoms with Crippen LogP contribution >= 0.6 is 0 Å². The van der Waals surface area contributed by atoms with Gasteiger partial charge in [0.15, 0.2) is 0 Å². The van der Waals surface area contributed by atoms with Crippen molar-refractivity contribution >= 4 is 0 Å². The Morgan fingerprint density at radius 1 is 1.88 bits per heavy atom. The van der Waals surface area contributed by atoms with Gasteiger partial charge in [-0.2, -0.15) is 0 Å². The maximum atomic E-state index is 8.66. The molecule has 0 spiro atoms. The molecule has 0 saturated heterocycles. The van der Waals surface area contributed by atoms with Gasteiger partial charge >= 0.3 is 0 Å². The number of aliphatic hydroxyl groups excluding tert-OH is 2. The Morgan fingerprint density at radius 3 is 2.88 bits per heavy atom. The Morgan fingerprint density at radius 2 is 2.62 bits per heavy atom. The lowest BCUT2D eigenvalue weighted by molar-refractivity contribution is 0.0955. The summed E-state index contributed by atoms with van der Waals surface area (Å²) in [6.07, 6.45) is 1.49. The molecule has 1 rings (SSSR count). The van der Waals surface area contributed by atoms with Gasteiger partial charge in [0, 0.05) is 6.42 Å². The van der Waals surface area contributed by atoms with Crippen LogP contribution in [0.1, 0.15) is 6.42 Å². The van der Waals surface area contributed by atoms with Crippen molar-refractivity contribution in [3.05, 3.63) is 12.0 Å². The lowest BCUT2D eigenvalue weighted by Crippen LogP contribution is -2.09. The number of hydrogen-bond acceptors (Lipinski definition) is 3. The van der Waals surface area contributed by atoms with Crippen LogP contribution in [0.25, 0.3) is 0 Å². The molecule has 0 bridgehead atoms. The summed E-state index contributed by atoms with van der Waals surface area (Å²) in [4.78, 5) is 0. The van der Waals surface area contributed by atoms with Crippen LogP contribution in [0.2, 0.25) is 0 Å². The van der Waals surface area contributed by atoms with Crippen molar-refractivity contribution in [2.45, 2.75) is 12.5 Å². The Kier molecular flexibility index (Phi) is 1.39. The van der Waals surface area contributed by atoms with Gasteiger partial charge in [0.2, 0.25) is 0 Å². The summed E-state index contributed by atoms with van der Waals surface area (Å²) >= 11 is 0. The van der Waals surface area contributed by atoms with Gasteiger partial charge < -0.3 is 14.9 Å². The van der Waals surface area contributed by atoms with Crippen molar-refractivity contribution in [1.29, 1.82) is 0 Å². The maximum absolute atomic E-state index is 8.66. The van der Waals surface area contributed by atoms with Crippen LogP contribution in [0.5, 0.6) is 0 Å². The second kappa shape index (κ2) is 2.05. The van der Waals surface area contributed by atoms with Gasteiger partial charge in [-0.3, -0.25) is 0 Å².